The number of hydrogen-bond donors (Lipinski definition) is 0. The molecule has 2 aliphatic heterocycles. The molecule has 0 aliphatic carbocycles. The number of hydrazone groups is 1. The first-order valence-electron chi connectivity index (χ1n) is 6.27. The van der Waals surface area contributed by atoms with Crippen molar-refractivity contribution in [2.75, 3.05) is 27.7 Å². The Kier molecular flexibility index (Phi) is 3.91. The molecule has 7 heteroatoms. The first kappa shape index (κ1) is 13.8. The van der Waals surface area contributed by atoms with Gasteiger partial charge in [-0.3, -0.25) is 9.30 Å². The van der Waals surface area contributed by atoms with Crippen LogP contribution >= 0.6 is 23.7 Å². The molecule has 20 heavy (non-hydrogen) atoms. The third-order valence-electron chi connectivity index (χ3n) is 2.95. The minimum Gasteiger partial charge on any atom is -0.497 e. The summed E-state index contributed by atoms with van der Waals surface area (Å²) < 4.78 is 8.33. The Morgan fingerprint density at radius 1 is 1.45 bits per heavy atom. The number of methoxy groups -OCH3 is 1. The Hall–Kier alpha value is -1.18. The van der Waals surface area contributed by atoms with Crippen molar-refractivity contribution in [3.05, 3.63) is 29.8 Å². The molecule has 0 fully saturated rings. The molecule has 1 unspecified atom stereocenters. The van der Waals surface area contributed by atoms with Crippen molar-refractivity contribution in [1.29, 1.82) is 0 Å². The zero-order valence-corrected chi connectivity index (χ0v) is 13.2. The second kappa shape index (κ2) is 5.67. The Bertz CT molecular complexity index is 573. The van der Waals surface area contributed by atoms with Crippen molar-refractivity contribution in [2.45, 2.75) is 6.04 Å². The summed E-state index contributed by atoms with van der Waals surface area (Å²) in [7, 11) is 5.71. The van der Waals surface area contributed by atoms with E-state index in [2.05, 4.69) is 11.2 Å². The van der Waals surface area contributed by atoms with Gasteiger partial charge in [-0.2, -0.15) is 5.10 Å². The maximum Gasteiger partial charge on any atom is 0.187 e. The highest BCUT2D eigenvalue weighted by atomic mass is 32.2. The summed E-state index contributed by atoms with van der Waals surface area (Å²) in [6.07, 6.45) is 0. The molecule has 5 nitrogen and oxygen atoms in total. The fourth-order valence-corrected chi connectivity index (χ4v) is 4.03. The molecule has 0 saturated heterocycles. The zero-order valence-electron chi connectivity index (χ0n) is 11.6. The number of aliphatic imine (C=N–C) groups is 1. The molecule has 0 N–H and O–H groups in total. The lowest BCUT2D eigenvalue weighted by atomic mass is 10.1. The van der Waals surface area contributed by atoms with E-state index in [0.29, 0.717) is 0 Å². The second-order valence-electron chi connectivity index (χ2n) is 4.66. The highest BCUT2D eigenvalue weighted by molar-refractivity contribution is 8.44. The van der Waals surface area contributed by atoms with Crippen molar-refractivity contribution in [2.24, 2.45) is 10.1 Å². The van der Waals surface area contributed by atoms with Gasteiger partial charge in [-0.05, 0) is 55.5 Å². The summed E-state index contributed by atoms with van der Waals surface area (Å²) in [5.74, 6) is 0.870. The smallest absolute Gasteiger partial charge is 0.187 e. The van der Waals surface area contributed by atoms with Crippen LogP contribution in [0.25, 0.3) is 0 Å². The summed E-state index contributed by atoms with van der Waals surface area (Å²) in [6.45, 7) is 0.799. The molecule has 2 aliphatic rings. The van der Waals surface area contributed by atoms with Gasteiger partial charge in [-0.1, -0.05) is 12.1 Å². The van der Waals surface area contributed by atoms with Crippen molar-refractivity contribution in [1.82, 2.24) is 9.31 Å². The average molecular weight is 308 g/mol. The van der Waals surface area contributed by atoms with Crippen molar-refractivity contribution in [3.8, 4) is 5.75 Å². The highest BCUT2D eigenvalue weighted by Gasteiger charge is 2.33. The lowest BCUT2D eigenvalue weighted by Gasteiger charge is -2.11. The van der Waals surface area contributed by atoms with Crippen LogP contribution in [0.3, 0.4) is 0 Å². The molecule has 1 atom stereocenters. The van der Waals surface area contributed by atoms with E-state index in [1.807, 2.05) is 41.6 Å². The molecule has 2 heterocycles. The molecule has 0 bridgehead atoms. The van der Waals surface area contributed by atoms with E-state index in [9.17, 15) is 0 Å². The lowest BCUT2D eigenvalue weighted by Crippen LogP contribution is -2.15. The van der Waals surface area contributed by atoms with E-state index in [1.165, 1.54) is 5.56 Å². The predicted octanol–water partition coefficient (Wildman–Crippen LogP) is 2.64. The molecule has 3 rings (SSSR count). The van der Waals surface area contributed by atoms with Crippen LogP contribution in [0.1, 0.15) is 11.6 Å². The summed E-state index contributed by atoms with van der Waals surface area (Å²) in [5, 5.41) is 7.56. The molecule has 0 aromatic heterocycles. The third-order valence-corrected chi connectivity index (χ3v) is 4.78. The normalized spacial score (nSPS) is 21.0. The lowest BCUT2D eigenvalue weighted by molar-refractivity contribution is 0.412. The quantitative estimate of drug-likeness (QED) is 0.803. The van der Waals surface area contributed by atoms with Crippen LogP contribution in [0.15, 0.2) is 34.4 Å². The molecule has 0 radical (unpaired) electrons. The van der Waals surface area contributed by atoms with Crippen molar-refractivity contribution < 1.29 is 4.74 Å². The number of benzene rings is 1. The maximum absolute atomic E-state index is 5.27. The Balaban J connectivity index is 1.72. The van der Waals surface area contributed by atoms with Crippen molar-refractivity contribution in [3.63, 3.8) is 0 Å². The van der Waals surface area contributed by atoms with Crippen LogP contribution in [0.4, 0.5) is 0 Å². The number of fused-ring (bicyclic) bond motifs is 1. The minimum absolute atomic E-state index is 0.141. The molecule has 0 amide bonds. The number of nitrogens with zero attached hydrogens (tertiary/aromatic N) is 4. The van der Waals surface area contributed by atoms with Crippen molar-refractivity contribution >= 4 is 33.3 Å². The number of rotatable bonds is 3. The van der Waals surface area contributed by atoms with Gasteiger partial charge in [-0.15, -0.1) is 0 Å². The van der Waals surface area contributed by atoms with Gasteiger partial charge < -0.3 is 4.74 Å². The van der Waals surface area contributed by atoms with E-state index in [-0.39, 0.29) is 6.04 Å². The first-order chi connectivity index (χ1) is 9.65. The molecule has 0 spiro atoms. The third kappa shape index (κ3) is 2.79. The number of amidine groups is 1. The van der Waals surface area contributed by atoms with Crippen LogP contribution in [-0.4, -0.2) is 46.6 Å². The van der Waals surface area contributed by atoms with Gasteiger partial charge in [0.1, 0.15) is 5.75 Å². The van der Waals surface area contributed by atoms with Gasteiger partial charge in [0, 0.05) is 0 Å². The number of ether oxygens (including phenoxy) is 1. The van der Waals surface area contributed by atoms with E-state index < -0.39 is 0 Å². The zero-order chi connectivity index (χ0) is 14.1. The molecular weight excluding hydrogens is 292 g/mol. The van der Waals surface area contributed by atoms with Crippen LogP contribution in [0.5, 0.6) is 5.75 Å². The summed E-state index contributed by atoms with van der Waals surface area (Å²) in [5.41, 5.74) is 1.17. The van der Waals surface area contributed by atoms with Gasteiger partial charge in [0.25, 0.3) is 0 Å². The molecular formula is C13H16N4OS2. The largest absolute Gasteiger partial charge is 0.497 e. The monoisotopic (exact) mass is 308 g/mol. The number of hydrogen-bond acceptors (Lipinski definition) is 7. The van der Waals surface area contributed by atoms with Crippen LogP contribution in [-0.2, 0) is 0 Å². The van der Waals surface area contributed by atoms with Crippen LogP contribution in [0, 0.1) is 0 Å². The molecule has 0 saturated carbocycles. The van der Waals surface area contributed by atoms with E-state index >= 15 is 0 Å². The Labute approximate surface area is 127 Å². The van der Waals surface area contributed by atoms with E-state index in [1.54, 1.807) is 30.8 Å². The molecule has 106 valence electrons. The highest BCUT2D eigenvalue weighted by Crippen LogP contribution is 2.37. The summed E-state index contributed by atoms with van der Waals surface area (Å²) >= 11 is 3.26. The fourth-order valence-electron chi connectivity index (χ4n) is 2.06. The molecule has 1 aromatic rings. The fraction of sp³-hybridized carbons (Fsp3) is 0.385. The maximum atomic E-state index is 5.27. The summed E-state index contributed by atoms with van der Waals surface area (Å²) in [6, 6.07) is 8.22. The predicted molar refractivity (Wildman–Crippen MR) is 86.2 cm³/mol. The van der Waals surface area contributed by atoms with Gasteiger partial charge in [0.05, 0.1) is 19.7 Å². The van der Waals surface area contributed by atoms with Crippen LogP contribution < -0.4 is 4.74 Å². The van der Waals surface area contributed by atoms with E-state index in [4.69, 9.17) is 9.73 Å². The Morgan fingerprint density at radius 3 is 3.00 bits per heavy atom. The SMILES string of the molecule is COc1cccc(C2CN3N=C(SN(C)C)SC3=N2)c1. The second-order valence-corrected chi connectivity index (χ2v) is 7.17. The Morgan fingerprint density at radius 2 is 2.30 bits per heavy atom. The standard InChI is InChI=1S/C13H16N4OS2/c1-16(2)20-13-15-17-8-11(14-12(17)19-13)9-5-4-6-10(7-9)18-3/h4-7,11H,8H2,1-3H3. The minimum atomic E-state index is 0.141. The first-order valence-corrected chi connectivity index (χ1v) is 7.86. The number of thioether (sulfide) groups is 1. The van der Waals surface area contributed by atoms with E-state index in [0.717, 1.165) is 21.8 Å². The van der Waals surface area contributed by atoms with Gasteiger partial charge in [-0.25, -0.2) is 5.01 Å². The average Bonchev–Trinajstić information content (AvgIpc) is 2.96. The van der Waals surface area contributed by atoms with Crippen LogP contribution in [0.2, 0.25) is 0 Å². The summed E-state index contributed by atoms with van der Waals surface area (Å²) in [4.78, 5) is 4.76. The molecule has 1 aromatic carbocycles. The van der Waals surface area contributed by atoms with Gasteiger partial charge in [0.15, 0.2) is 9.54 Å². The van der Waals surface area contributed by atoms with Gasteiger partial charge >= 0.3 is 0 Å². The van der Waals surface area contributed by atoms with Gasteiger partial charge in [0.2, 0.25) is 0 Å². The topological polar surface area (TPSA) is 40.4 Å².